The van der Waals surface area contributed by atoms with E-state index in [0.717, 1.165) is 67.5 Å². The number of para-hydroxylation sites is 1. The van der Waals surface area contributed by atoms with Crippen molar-refractivity contribution >= 4 is 28.9 Å². The van der Waals surface area contributed by atoms with E-state index in [1.165, 1.54) is 41.8 Å². The molecule has 1 saturated heterocycles. The molecule has 0 bridgehead atoms. The zero-order valence-electron chi connectivity index (χ0n) is 24.8. The molecule has 0 spiro atoms. The summed E-state index contributed by atoms with van der Waals surface area (Å²) >= 11 is 0. The first-order chi connectivity index (χ1) is 21.6. The van der Waals surface area contributed by atoms with Crippen LogP contribution < -0.4 is 15.1 Å². The predicted octanol–water partition coefficient (Wildman–Crippen LogP) is 6.18. The Kier molecular flexibility index (Phi) is 7.97. The Balaban J connectivity index is 1.21. The van der Waals surface area contributed by atoms with Gasteiger partial charge in [-0.25, -0.2) is 9.38 Å². The van der Waals surface area contributed by atoms with Crippen LogP contribution in [0.3, 0.4) is 0 Å². The van der Waals surface area contributed by atoms with Crippen molar-refractivity contribution in [2.24, 2.45) is 4.99 Å². The molecule has 2 aliphatic heterocycles. The number of hydrogen-bond donors (Lipinski definition) is 1. The van der Waals surface area contributed by atoms with E-state index >= 15 is 0 Å². The molecule has 8 heteroatoms. The van der Waals surface area contributed by atoms with Gasteiger partial charge in [0.1, 0.15) is 5.82 Å². The second kappa shape index (κ2) is 12.5. The summed E-state index contributed by atoms with van der Waals surface area (Å²) in [4.78, 5) is 30.1. The molecule has 1 unspecified atom stereocenters. The molecule has 3 heterocycles. The normalized spacial score (nSPS) is 17.9. The molecule has 7 rings (SSSR count). The number of carbonyl (C=O) groups excluding carboxylic acids is 1. The van der Waals surface area contributed by atoms with E-state index in [1.807, 2.05) is 24.5 Å². The summed E-state index contributed by atoms with van der Waals surface area (Å²) < 4.78 is 13.4. The van der Waals surface area contributed by atoms with Gasteiger partial charge in [0, 0.05) is 62.1 Å². The van der Waals surface area contributed by atoms with Gasteiger partial charge in [-0.15, -0.1) is 0 Å². The summed E-state index contributed by atoms with van der Waals surface area (Å²) in [7, 11) is 0. The summed E-state index contributed by atoms with van der Waals surface area (Å²) in [5.74, 6) is 0.555. The van der Waals surface area contributed by atoms with Crippen molar-refractivity contribution in [1.29, 1.82) is 0 Å². The first-order valence-electron chi connectivity index (χ1n) is 15.6. The van der Waals surface area contributed by atoms with Crippen molar-refractivity contribution < 1.29 is 9.18 Å². The third-order valence-electron chi connectivity index (χ3n) is 9.03. The number of carbonyl (C=O) groups is 1. The second-order valence-electron chi connectivity index (χ2n) is 11.8. The molecule has 1 aromatic heterocycles. The molecule has 44 heavy (non-hydrogen) atoms. The van der Waals surface area contributed by atoms with Crippen molar-refractivity contribution in [1.82, 2.24) is 15.2 Å². The van der Waals surface area contributed by atoms with Crippen LogP contribution in [0.2, 0.25) is 0 Å². The monoisotopic (exact) mass is 588 g/mol. The fraction of sp³-hybridized carbons (Fsp3) is 0.306. The topological polar surface area (TPSA) is 64.1 Å². The lowest BCUT2D eigenvalue weighted by Crippen LogP contribution is -2.55. The number of nitrogens with zero attached hydrogens (tertiary/aromatic N) is 5. The smallest absolute Gasteiger partial charge is 0.222 e. The summed E-state index contributed by atoms with van der Waals surface area (Å²) in [5, 5.41) is 3.08. The lowest BCUT2D eigenvalue weighted by Gasteiger charge is -2.45. The number of nitrogens with one attached hydrogen (secondary N) is 1. The van der Waals surface area contributed by atoms with Gasteiger partial charge >= 0.3 is 0 Å². The van der Waals surface area contributed by atoms with Crippen molar-refractivity contribution in [3.05, 3.63) is 119 Å². The molecule has 1 atom stereocenters. The average molecular weight is 589 g/mol. The van der Waals surface area contributed by atoms with E-state index in [0.29, 0.717) is 6.54 Å². The fourth-order valence-electron chi connectivity index (χ4n) is 6.67. The van der Waals surface area contributed by atoms with Gasteiger partial charge in [-0.1, -0.05) is 36.4 Å². The molecule has 0 saturated carbocycles. The molecule has 0 radical (unpaired) electrons. The highest BCUT2D eigenvalue weighted by molar-refractivity contribution is 6.01. The molecule has 224 valence electrons. The van der Waals surface area contributed by atoms with E-state index in [2.05, 4.69) is 67.5 Å². The third-order valence-corrected chi connectivity index (χ3v) is 9.03. The van der Waals surface area contributed by atoms with Crippen LogP contribution in [0.25, 0.3) is 0 Å². The van der Waals surface area contributed by atoms with E-state index in [-0.39, 0.29) is 24.2 Å². The number of halogens is 1. The van der Waals surface area contributed by atoms with Crippen molar-refractivity contribution in [3.8, 4) is 0 Å². The number of aliphatic imine (C=N–C) groups is 1. The maximum absolute atomic E-state index is 13.6. The maximum atomic E-state index is 13.6. The van der Waals surface area contributed by atoms with Crippen LogP contribution >= 0.6 is 0 Å². The van der Waals surface area contributed by atoms with Crippen molar-refractivity contribution in [2.75, 3.05) is 36.0 Å². The molecule has 1 amide bonds. The quantitative estimate of drug-likeness (QED) is 0.292. The number of hydrogen-bond acceptors (Lipinski definition) is 6. The Morgan fingerprint density at radius 2 is 1.55 bits per heavy atom. The minimum absolute atomic E-state index is 0.0548. The number of aromatic nitrogens is 1. The Morgan fingerprint density at radius 3 is 2.34 bits per heavy atom. The number of anilines is 2. The standard InChI is InChI=1S/C36H37FN6O/c37-29-12-9-26(10-13-29)25-39-35(44)24-34-32-7-3-4-8-33(32)40-36(42-21-19-41(20-22-42)30-15-17-38-18-16-30)43(34)31-14-11-27-5-1-2-6-28(27)23-31/h3-4,7-18,23,34H,1-2,5-6,19-22,24-25H2,(H,39,44). The number of rotatable bonds is 6. The molecule has 3 aliphatic rings. The second-order valence-corrected chi connectivity index (χ2v) is 11.8. The minimum Gasteiger partial charge on any atom is -0.368 e. The van der Waals surface area contributed by atoms with Gasteiger partial charge < -0.3 is 20.0 Å². The number of fused-ring (bicyclic) bond motifs is 2. The van der Waals surface area contributed by atoms with Gasteiger partial charge in [0.05, 0.1) is 18.2 Å². The SMILES string of the molecule is O=C(CC1c2ccccc2N=C(N2CCN(c3ccncc3)CC2)N1c1ccc2c(c1)CCCC2)NCc1ccc(F)cc1. The molecular formula is C36H37FN6O. The Bertz CT molecular complexity index is 1650. The van der Waals surface area contributed by atoms with Gasteiger partial charge in [-0.3, -0.25) is 9.78 Å². The molecule has 4 aromatic rings. The number of aryl methyl sites for hydroxylation is 2. The van der Waals surface area contributed by atoms with Crippen LogP contribution in [-0.2, 0) is 24.2 Å². The fourth-order valence-corrected chi connectivity index (χ4v) is 6.67. The lowest BCUT2D eigenvalue weighted by atomic mass is 9.90. The van der Waals surface area contributed by atoms with Crippen molar-refractivity contribution in [2.45, 2.75) is 44.7 Å². The van der Waals surface area contributed by atoms with E-state index in [4.69, 9.17) is 4.99 Å². The summed E-state index contributed by atoms with van der Waals surface area (Å²) in [6.07, 6.45) is 8.58. The highest BCUT2D eigenvalue weighted by Gasteiger charge is 2.36. The first kappa shape index (κ1) is 28.1. The Labute approximate surface area is 258 Å². The summed E-state index contributed by atoms with van der Waals surface area (Å²) in [6, 6.07) is 25.2. The van der Waals surface area contributed by atoms with Crippen LogP contribution in [0.1, 0.15) is 47.6 Å². The summed E-state index contributed by atoms with van der Waals surface area (Å²) in [5.41, 5.74) is 7.89. The zero-order valence-corrected chi connectivity index (χ0v) is 24.8. The first-order valence-corrected chi connectivity index (χ1v) is 15.6. The minimum atomic E-state index is -0.284. The number of guanidine groups is 1. The van der Waals surface area contributed by atoms with Crippen LogP contribution in [0, 0.1) is 5.82 Å². The Hall–Kier alpha value is -4.72. The number of pyridine rings is 1. The average Bonchev–Trinajstić information content (AvgIpc) is 3.08. The summed E-state index contributed by atoms with van der Waals surface area (Å²) in [6.45, 7) is 3.71. The molecule has 1 aliphatic carbocycles. The zero-order chi connectivity index (χ0) is 29.9. The van der Waals surface area contributed by atoms with Crippen LogP contribution in [0.15, 0.2) is 96.2 Å². The molecule has 1 N–H and O–H groups in total. The van der Waals surface area contributed by atoms with E-state index in [1.54, 1.807) is 12.1 Å². The third kappa shape index (κ3) is 5.89. The Morgan fingerprint density at radius 1 is 0.818 bits per heavy atom. The number of amides is 1. The number of piperazine rings is 1. The van der Waals surface area contributed by atoms with Crippen molar-refractivity contribution in [3.63, 3.8) is 0 Å². The maximum Gasteiger partial charge on any atom is 0.222 e. The van der Waals surface area contributed by atoms with Crippen LogP contribution in [-0.4, -0.2) is 47.9 Å². The van der Waals surface area contributed by atoms with E-state index in [9.17, 15) is 9.18 Å². The lowest BCUT2D eigenvalue weighted by molar-refractivity contribution is -0.121. The van der Waals surface area contributed by atoms with Gasteiger partial charge in [0.25, 0.3) is 0 Å². The predicted molar refractivity (Wildman–Crippen MR) is 173 cm³/mol. The number of benzene rings is 3. The largest absolute Gasteiger partial charge is 0.368 e. The highest BCUT2D eigenvalue weighted by atomic mass is 19.1. The van der Waals surface area contributed by atoms with Gasteiger partial charge in [-0.05, 0) is 84.8 Å². The van der Waals surface area contributed by atoms with Crippen LogP contribution in [0.5, 0.6) is 0 Å². The molecule has 1 fully saturated rings. The van der Waals surface area contributed by atoms with Gasteiger partial charge in [0.15, 0.2) is 0 Å². The van der Waals surface area contributed by atoms with Crippen LogP contribution in [0.4, 0.5) is 21.5 Å². The van der Waals surface area contributed by atoms with E-state index < -0.39 is 0 Å². The highest BCUT2D eigenvalue weighted by Crippen LogP contribution is 2.41. The van der Waals surface area contributed by atoms with Gasteiger partial charge in [0.2, 0.25) is 11.9 Å². The molecular weight excluding hydrogens is 551 g/mol. The molecule has 7 nitrogen and oxygen atoms in total. The molecule has 3 aromatic carbocycles. The van der Waals surface area contributed by atoms with Gasteiger partial charge in [-0.2, -0.15) is 0 Å².